The predicted molar refractivity (Wildman–Crippen MR) is 88.0 cm³/mol. The van der Waals surface area contributed by atoms with E-state index < -0.39 is 10.7 Å². The summed E-state index contributed by atoms with van der Waals surface area (Å²) < 4.78 is 15.9. The van der Waals surface area contributed by atoms with Crippen molar-refractivity contribution in [3.8, 4) is 0 Å². The van der Waals surface area contributed by atoms with Crippen LogP contribution >= 0.6 is 15.9 Å². The molecule has 0 saturated heterocycles. The van der Waals surface area contributed by atoms with E-state index in [0.29, 0.717) is 17.6 Å². The van der Waals surface area contributed by atoms with Crippen LogP contribution in [0.4, 0.5) is 27.3 Å². The van der Waals surface area contributed by atoms with E-state index in [2.05, 4.69) is 26.6 Å². The van der Waals surface area contributed by atoms with E-state index in [1.807, 2.05) is 0 Å². The summed E-state index contributed by atoms with van der Waals surface area (Å²) in [4.78, 5) is 23.3. The summed E-state index contributed by atoms with van der Waals surface area (Å²) in [6.07, 6.45) is 0. The number of halogens is 2. The first kappa shape index (κ1) is 15.5. The molecule has 1 aromatic carbocycles. The number of hydrogen-bond donors (Lipinski definition) is 2. The van der Waals surface area contributed by atoms with Gasteiger partial charge in [0.05, 0.1) is 10.6 Å². The standard InChI is InChI=1S/C14H12BrFN4O3/c1-7-11(18-10-3-2-8(15)6-9(10)16)12(20(22)23)13-17-4-5-19(13)14(7)21/h2-3,6,17-18H,4-5H2,1H3. The van der Waals surface area contributed by atoms with Gasteiger partial charge in [0.2, 0.25) is 0 Å². The van der Waals surface area contributed by atoms with Crippen LogP contribution in [0.1, 0.15) is 5.56 Å². The van der Waals surface area contributed by atoms with Gasteiger partial charge in [0.25, 0.3) is 5.56 Å². The second-order valence-electron chi connectivity index (χ2n) is 5.09. The number of benzene rings is 1. The van der Waals surface area contributed by atoms with Crippen molar-refractivity contribution in [2.45, 2.75) is 13.5 Å². The minimum Gasteiger partial charge on any atom is -0.364 e. The van der Waals surface area contributed by atoms with Crippen LogP contribution in [0.5, 0.6) is 0 Å². The predicted octanol–water partition coefficient (Wildman–Crippen LogP) is 3.14. The molecule has 120 valence electrons. The van der Waals surface area contributed by atoms with E-state index >= 15 is 0 Å². The van der Waals surface area contributed by atoms with E-state index in [-0.39, 0.29) is 34.0 Å². The molecule has 7 nitrogen and oxygen atoms in total. The molecule has 23 heavy (non-hydrogen) atoms. The fraction of sp³-hybridized carbons (Fsp3) is 0.214. The number of hydrogen-bond acceptors (Lipinski definition) is 5. The third-order valence-electron chi connectivity index (χ3n) is 3.67. The molecule has 0 radical (unpaired) electrons. The molecule has 2 aromatic rings. The molecule has 0 fully saturated rings. The molecule has 9 heteroatoms. The fourth-order valence-corrected chi connectivity index (χ4v) is 2.90. The van der Waals surface area contributed by atoms with Crippen LogP contribution in [-0.4, -0.2) is 16.0 Å². The fourth-order valence-electron chi connectivity index (χ4n) is 2.57. The van der Waals surface area contributed by atoms with Gasteiger partial charge in [-0.3, -0.25) is 19.5 Å². The molecule has 0 bridgehead atoms. The maximum atomic E-state index is 14.0. The van der Waals surface area contributed by atoms with Gasteiger partial charge in [-0.05, 0) is 25.1 Å². The zero-order chi connectivity index (χ0) is 16.7. The van der Waals surface area contributed by atoms with Crippen molar-refractivity contribution in [2.24, 2.45) is 0 Å². The summed E-state index contributed by atoms with van der Waals surface area (Å²) in [6.45, 7) is 2.29. The number of rotatable bonds is 3. The normalized spacial score (nSPS) is 12.7. The Kier molecular flexibility index (Phi) is 3.80. The van der Waals surface area contributed by atoms with Crippen LogP contribution in [0.2, 0.25) is 0 Å². The largest absolute Gasteiger partial charge is 0.364 e. The van der Waals surface area contributed by atoms with Gasteiger partial charge in [0, 0.05) is 23.1 Å². The highest BCUT2D eigenvalue weighted by Crippen LogP contribution is 2.37. The number of anilines is 3. The first-order chi connectivity index (χ1) is 10.9. The molecule has 1 aromatic heterocycles. The van der Waals surface area contributed by atoms with E-state index in [1.54, 1.807) is 6.07 Å². The van der Waals surface area contributed by atoms with Crippen LogP contribution < -0.4 is 16.2 Å². The first-order valence-electron chi connectivity index (χ1n) is 6.78. The summed E-state index contributed by atoms with van der Waals surface area (Å²) in [6, 6.07) is 4.29. The molecule has 0 spiro atoms. The topological polar surface area (TPSA) is 89.2 Å². The van der Waals surface area contributed by atoms with Crippen molar-refractivity contribution < 1.29 is 9.31 Å². The lowest BCUT2D eigenvalue weighted by Crippen LogP contribution is -2.23. The van der Waals surface area contributed by atoms with Gasteiger partial charge in [-0.15, -0.1) is 0 Å². The van der Waals surface area contributed by atoms with E-state index in [0.717, 1.165) is 0 Å². The molecular weight excluding hydrogens is 371 g/mol. The Balaban J connectivity index is 2.21. The number of nitrogens with zero attached hydrogens (tertiary/aromatic N) is 2. The molecule has 0 atom stereocenters. The van der Waals surface area contributed by atoms with Gasteiger partial charge in [-0.25, -0.2) is 4.39 Å². The van der Waals surface area contributed by atoms with Crippen LogP contribution in [0.25, 0.3) is 0 Å². The van der Waals surface area contributed by atoms with Crippen molar-refractivity contribution in [3.63, 3.8) is 0 Å². The van der Waals surface area contributed by atoms with Crippen LogP contribution in [-0.2, 0) is 6.54 Å². The molecule has 0 saturated carbocycles. The molecule has 0 aliphatic carbocycles. The van der Waals surface area contributed by atoms with Crippen molar-refractivity contribution in [3.05, 3.63) is 54.5 Å². The minimum absolute atomic E-state index is 0.00173. The second kappa shape index (κ2) is 5.65. The van der Waals surface area contributed by atoms with Crippen LogP contribution in [0.15, 0.2) is 27.5 Å². The van der Waals surface area contributed by atoms with Gasteiger partial charge in [0.1, 0.15) is 11.5 Å². The molecular formula is C14H12BrFN4O3. The zero-order valence-electron chi connectivity index (χ0n) is 12.0. The minimum atomic E-state index is -0.582. The maximum Gasteiger partial charge on any atom is 0.333 e. The highest BCUT2D eigenvalue weighted by atomic mass is 79.9. The molecule has 1 aliphatic rings. The number of aromatic nitrogens is 1. The smallest absolute Gasteiger partial charge is 0.333 e. The van der Waals surface area contributed by atoms with Crippen molar-refractivity contribution in [1.29, 1.82) is 0 Å². The Morgan fingerprint density at radius 3 is 2.87 bits per heavy atom. The maximum absolute atomic E-state index is 14.0. The summed E-state index contributed by atoms with van der Waals surface area (Å²) >= 11 is 3.15. The number of pyridine rings is 1. The van der Waals surface area contributed by atoms with Crippen molar-refractivity contribution >= 4 is 38.8 Å². The van der Waals surface area contributed by atoms with Crippen LogP contribution in [0, 0.1) is 22.9 Å². The number of nitrogens with one attached hydrogen (secondary N) is 2. The highest BCUT2D eigenvalue weighted by molar-refractivity contribution is 9.10. The Hall–Kier alpha value is -2.42. The van der Waals surface area contributed by atoms with Gasteiger partial charge in [-0.2, -0.15) is 0 Å². The van der Waals surface area contributed by atoms with Gasteiger partial charge in [-0.1, -0.05) is 15.9 Å². The average molecular weight is 383 g/mol. The molecule has 2 heterocycles. The van der Waals surface area contributed by atoms with Crippen LogP contribution in [0.3, 0.4) is 0 Å². The highest BCUT2D eigenvalue weighted by Gasteiger charge is 2.31. The summed E-state index contributed by atoms with van der Waals surface area (Å²) in [5.41, 5.74) is -0.368. The van der Waals surface area contributed by atoms with Crippen molar-refractivity contribution in [1.82, 2.24) is 4.57 Å². The Morgan fingerprint density at radius 1 is 1.48 bits per heavy atom. The zero-order valence-corrected chi connectivity index (χ0v) is 13.6. The van der Waals surface area contributed by atoms with Gasteiger partial charge in [0.15, 0.2) is 5.82 Å². The number of nitro groups is 1. The SMILES string of the molecule is Cc1c(Nc2ccc(Br)cc2F)c([N+](=O)[O-])c2n(c1=O)CCN2. The van der Waals surface area contributed by atoms with Gasteiger partial charge >= 0.3 is 5.69 Å². The number of fused-ring (bicyclic) bond motifs is 1. The van der Waals surface area contributed by atoms with Crippen molar-refractivity contribution in [2.75, 3.05) is 17.2 Å². The summed E-state index contributed by atoms with van der Waals surface area (Å²) in [5.74, 6) is -0.438. The summed E-state index contributed by atoms with van der Waals surface area (Å²) in [5, 5.41) is 17.0. The average Bonchev–Trinajstić information content (AvgIpc) is 2.96. The molecule has 0 amide bonds. The third kappa shape index (κ3) is 2.56. The Morgan fingerprint density at radius 2 is 2.22 bits per heavy atom. The lowest BCUT2D eigenvalue weighted by molar-refractivity contribution is -0.383. The summed E-state index contributed by atoms with van der Waals surface area (Å²) in [7, 11) is 0. The monoisotopic (exact) mass is 382 g/mol. The Labute approximate surface area is 138 Å². The van der Waals surface area contributed by atoms with Gasteiger partial charge < -0.3 is 10.6 Å². The van der Waals surface area contributed by atoms with E-state index in [4.69, 9.17) is 0 Å². The Bertz CT molecular complexity index is 881. The quantitative estimate of drug-likeness (QED) is 0.628. The van der Waals surface area contributed by atoms with E-state index in [9.17, 15) is 19.3 Å². The van der Waals surface area contributed by atoms with E-state index in [1.165, 1.54) is 23.6 Å². The molecule has 2 N–H and O–H groups in total. The lowest BCUT2D eigenvalue weighted by Gasteiger charge is -2.14. The first-order valence-corrected chi connectivity index (χ1v) is 7.57. The second-order valence-corrected chi connectivity index (χ2v) is 6.00. The third-order valence-corrected chi connectivity index (χ3v) is 4.17. The molecule has 1 aliphatic heterocycles. The lowest BCUT2D eigenvalue weighted by atomic mass is 10.2. The molecule has 3 rings (SSSR count). The molecule has 0 unspecified atom stereocenters.